The van der Waals surface area contributed by atoms with Gasteiger partial charge in [-0.3, -0.25) is 9.69 Å². The number of nitrogens with zero attached hydrogens (tertiary/aromatic N) is 1. The molecule has 0 bridgehead atoms. The normalized spacial score (nSPS) is 25.1. The lowest BCUT2D eigenvalue weighted by Gasteiger charge is -2.27. The van der Waals surface area contributed by atoms with Gasteiger partial charge in [-0.05, 0) is 25.9 Å². The van der Waals surface area contributed by atoms with Crippen LogP contribution in [-0.2, 0) is 4.79 Å². The van der Waals surface area contributed by atoms with E-state index in [1.807, 2.05) is 20.8 Å². The fraction of sp³-hybridized carbons (Fsp3) is 0.909. The van der Waals surface area contributed by atoms with E-state index in [4.69, 9.17) is 0 Å². The number of carbonyl (C=O) groups is 1. The van der Waals surface area contributed by atoms with Crippen LogP contribution in [0.3, 0.4) is 0 Å². The molecule has 0 N–H and O–H groups in total. The maximum absolute atomic E-state index is 12.0. The van der Waals surface area contributed by atoms with E-state index >= 15 is 0 Å². The van der Waals surface area contributed by atoms with E-state index in [1.54, 1.807) is 0 Å². The second-order valence-electron chi connectivity index (χ2n) is 4.90. The molecule has 1 unspecified atom stereocenters. The van der Waals surface area contributed by atoms with E-state index < -0.39 is 0 Å². The molecule has 0 aromatic rings. The Morgan fingerprint density at radius 3 is 2.54 bits per heavy atom. The van der Waals surface area contributed by atoms with Gasteiger partial charge in [0.2, 0.25) is 0 Å². The van der Waals surface area contributed by atoms with Crippen molar-refractivity contribution in [2.24, 2.45) is 5.41 Å². The van der Waals surface area contributed by atoms with Crippen LogP contribution in [0.2, 0.25) is 0 Å². The van der Waals surface area contributed by atoms with Gasteiger partial charge in [-0.25, -0.2) is 0 Å². The number of hydrogen-bond acceptors (Lipinski definition) is 2. The van der Waals surface area contributed by atoms with Crippen molar-refractivity contribution in [2.75, 3.05) is 13.1 Å². The van der Waals surface area contributed by atoms with Gasteiger partial charge in [-0.15, -0.1) is 0 Å². The molecule has 1 saturated heterocycles. The molecular weight excluding hydrogens is 162 g/mol. The molecule has 0 amide bonds. The molecule has 1 aliphatic rings. The highest BCUT2D eigenvalue weighted by Crippen LogP contribution is 2.26. The average molecular weight is 183 g/mol. The molecule has 1 atom stereocenters. The smallest absolute Gasteiger partial charge is 0.155 e. The van der Waals surface area contributed by atoms with E-state index in [1.165, 1.54) is 6.42 Å². The predicted octanol–water partition coefficient (Wildman–Crippen LogP) is 2.09. The van der Waals surface area contributed by atoms with Crippen LogP contribution in [0.25, 0.3) is 0 Å². The van der Waals surface area contributed by atoms with Crippen LogP contribution in [0.1, 0.15) is 40.5 Å². The quantitative estimate of drug-likeness (QED) is 0.653. The Balaban J connectivity index is 2.66. The minimum absolute atomic E-state index is 0.178. The molecule has 0 saturated carbocycles. The van der Waals surface area contributed by atoms with E-state index in [2.05, 4.69) is 11.8 Å². The molecule has 2 heteroatoms. The molecule has 1 fully saturated rings. The lowest BCUT2D eigenvalue weighted by Crippen LogP contribution is -2.41. The number of likely N-dealkylation sites (tertiary alicyclic amines) is 1. The van der Waals surface area contributed by atoms with Crippen molar-refractivity contribution in [1.29, 1.82) is 0 Å². The molecular formula is C11H21NO. The first-order chi connectivity index (χ1) is 5.96. The summed E-state index contributed by atoms with van der Waals surface area (Å²) in [5.74, 6) is 0.409. The summed E-state index contributed by atoms with van der Waals surface area (Å²) in [6.07, 6.45) is 2.24. The van der Waals surface area contributed by atoms with Crippen molar-refractivity contribution >= 4 is 5.78 Å². The Kier molecular flexibility index (Phi) is 3.12. The summed E-state index contributed by atoms with van der Waals surface area (Å²) in [6, 6.07) is 0.199. The molecule has 13 heavy (non-hydrogen) atoms. The maximum atomic E-state index is 12.0. The Morgan fingerprint density at radius 2 is 2.08 bits per heavy atom. The summed E-state index contributed by atoms with van der Waals surface area (Å²) in [5.41, 5.74) is -0.178. The standard InChI is InChI=1S/C11H21NO/c1-5-12-8-6-7-9(12)10(13)11(2,3)4/h9H,5-8H2,1-4H3. The largest absolute Gasteiger partial charge is 0.297 e. The summed E-state index contributed by atoms with van der Waals surface area (Å²) in [4.78, 5) is 14.3. The molecule has 0 aromatic carbocycles. The fourth-order valence-electron chi connectivity index (χ4n) is 2.00. The van der Waals surface area contributed by atoms with Crippen LogP contribution in [0.4, 0.5) is 0 Å². The van der Waals surface area contributed by atoms with Gasteiger partial charge in [0, 0.05) is 5.41 Å². The molecule has 1 heterocycles. The third kappa shape index (κ3) is 2.31. The lowest BCUT2D eigenvalue weighted by molar-refractivity contribution is -0.130. The average Bonchev–Trinajstić information content (AvgIpc) is 2.48. The highest BCUT2D eigenvalue weighted by atomic mass is 16.1. The maximum Gasteiger partial charge on any atom is 0.155 e. The SMILES string of the molecule is CCN1CCCC1C(=O)C(C)(C)C. The number of Topliss-reactive ketones (excluding diaryl/α,β-unsaturated/α-hetero) is 1. The van der Waals surface area contributed by atoms with Gasteiger partial charge in [0.1, 0.15) is 0 Å². The highest BCUT2D eigenvalue weighted by Gasteiger charge is 2.35. The monoisotopic (exact) mass is 183 g/mol. The molecule has 0 aliphatic carbocycles. The van der Waals surface area contributed by atoms with Crippen LogP contribution >= 0.6 is 0 Å². The first-order valence-corrected chi connectivity index (χ1v) is 5.25. The predicted molar refractivity (Wildman–Crippen MR) is 54.7 cm³/mol. The Hall–Kier alpha value is -0.370. The van der Waals surface area contributed by atoms with Gasteiger partial charge in [-0.2, -0.15) is 0 Å². The Bertz CT molecular complexity index is 193. The first kappa shape index (κ1) is 10.7. The minimum atomic E-state index is -0.178. The number of rotatable bonds is 2. The van der Waals surface area contributed by atoms with Gasteiger partial charge in [-0.1, -0.05) is 27.7 Å². The van der Waals surface area contributed by atoms with E-state index in [0.717, 1.165) is 19.5 Å². The zero-order valence-corrected chi connectivity index (χ0v) is 9.26. The summed E-state index contributed by atoms with van der Waals surface area (Å²) in [5, 5.41) is 0. The zero-order chi connectivity index (χ0) is 10.1. The summed E-state index contributed by atoms with van der Waals surface area (Å²) in [7, 11) is 0. The van der Waals surface area contributed by atoms with Crippen molar-refractivity contribution in [3.63, 3.8) is 0 Å². The molecule has 0 spiro atoms. The number of hydrogen-bond donors (Lipinski definition) is 0. The lowest BCUT2D eigenvalue weighted by atomic mass is 9.85. The third-order valence-electron chi connectivity index (χ3n) is 2.81. The molecule has 1 aliphatic heterocycles. The first-order valence-electron chi connectivity index (χ1n) is 5.25. The topological polar surface area (TPSA) is 20.3 Å². The molecule has 1 rings (SSSR count). The molecule has 76 valence electrons. The second-order valence-corrected chi connectivity index (χ2v) is 4.90. The zero-order valence-electron chi connectivity index (χ0n) is 9.26. The van der Waals surface area contributed by atoms with Gasteiger partial charge in [0.25, 0.3) is 0 Å². The molecule has 0 aromatic heterocycles. The van der Waals surface area contributed by atoms with E-state index in [-0.39, 0.29) is 11.5 Å². The van der Waals surface area contributed by atoms with Crippen molar-refractivity contribution in [2.45, 2.75) is 46.6 Å². The van der Waals surface area contributed by atoms with Crippen LogP contribution in [-0.4, -0.2) is 29.8 Å². The van der Waals surface area contributed by atoms with E-state index in [0.29, 0.717) is 5.78 Å². The van der Waals surface area contributed by atoms with Crippen molar-refractivity contribution < 1.29 is 4.79 Å². The summed E-state index contributed by atoms with van der Waals surface area (Å²) >= 11 is 0. The van der Waals surface area contributed by atoms with Gasteiger partial charge in [0.15, 0.2) is 5.78 Å². The van der Waals surface area contributed by atoms with Gasteiger partial charge >= 0.3 is 0 Å². The Morgan fingerprint density at radius 1 is 1.46 bits per heavy atom. The van der Waals surface area contributed by atoms with Crippen LogP contribution in [0.5, 0.6) is 0 Å². The third-order valence-corrected chi connectivity index (χ3v) is 2.81. The fourth-order valence-corrected chi connectivity index (χ4v) is 2.00. The number of carbonyl (C=O) groups excluding carboxylic acids is 1. The highest BCUT2D eigenvalue weighted by molar-refractivity contribution is 5.88. The summed E-state index contributed by atoms with van der Waals surface area (Å²) in [6.45, 7) is 10.3. The van der Waals surface area contributed by atoms with Crippen LogP contribution in [0.15, 0.2) is 0 Å². The molecule has 0 radical (unpaired) electrons. The van der Waals surface area contributed by atoms with Crippen molar-refractivity contribution in [1.82, 2.24) is 4.90 Å². The van der Waals surface area contributed by atoms with Crippen LogP contribution in [0, 0.1) is 5.41 Å². The minimum Gasteiger partial charge on any atom is -0.297 e. The second kappa shape index (κ2) is 3.79. The number of likely N-dealkylation sites (N-methyl/N-ethyl adjacent to an activating group) is 1. The van der Waals surface area contributed by atoms with Gasteiger partial charge in [0.05, 0.1) is 6.04 Å². The number of ketones is 1. The summed E-state index contributed by atoms with van der Waals surface area (Å²) < 4.78 is 0. The Labute approximate surface area is 81.3 Å². The van der Waals surface area contributed by atoms with Crippen molar-refractivity contribution in [3.05, 3.63) is 0 Å². The van der Waals surface area contributed by atoms with Crippen LogP contribution < -0.4 is 0 Å². The van der Waals surface area contributed by atoms with E-state index in [9.17, 15) is 4.79 Å². The van der Waals surface area contributed by atoms with Gasteiger partial charge < -0.3 is 0 Å². The van der Waals surface area contributed by atoms with Crippen molar-refractivity contribution in [3.8, 4) is 0 Å². The molecule has 2 nitrogen and oxygen atoms in total.